The molecule has 3 heteroatoms. The zero-order valence-corrected chi connectivity index (χ0v) is 19.7. The minimum atomic E-state index is 0.495. The summed E-state index contributed by atoms with van der Waals surface area (Å²) >= 11 is 5.84. The van der Waals surface area contributed by atoms with Crippen molar-refractivity contribution in [3.63, 3.8) is 0 Å². The van der Waals surface area contributed by atoms with Crippen molar-refractivity contribution in [2.45, 2.75) is 40.7 Å². The third-order valence-electron chi connectivity index (χ3n) is 4.77. The van der Waals surface area contributed by atoms with Crippen LogP contribution in [0.4, 0.5) is 0 Å². The van der Waals surface area contributed by atoms with Gasteiger partial charge in [0.15, 0.2) is 0 Å². The van der Waals surface area contributed by atoms with Crippen LogP contribution in [0.25, 0.3) is 5.57 Å². The quantitative estimate of drug-likeness (QED) is 0.211. The number of hydrogen-bond acceptors (Lipinski definition) is 2. The Morgan fingerprint density at radius 1 is 1.10 bits per heavy atom. The van der Waals surface area contributed by atoms with Crippen LogP contribution in [0.3, 0.4) is 0 Å². The van der Waals surface area contributed by atoms with Crippen LogP contribution in [0.2, 0.25) is 0 Å². The maximum Gasteiger partial charge on any atom is 0.120 e. The van der Waals surface area contributed by atoms with Gasteiger partial charge >= 0.3 is 0 Å². The number of halogens is 1. The fourth-order valence-electron chi connectivity index (χ4n) is 3.00. The molecule has 0 aromatic heterocycles. The number of aliphatic imine (C=N–C) groups is 1. The number of nitrogens with zero attached hydrogens (tertiary/aromatic N) is 1. The highest BCUT2D eigenvalue weighted by atomic mass is 35.5. The molecule has 0 saturated heterocycles. The molecule has 0 unspecified atom stereocenters. The first-order valence-electron chi connectivity index (χ1n) is 10.7. The fourth-order valence-corrected chi connectivity index (χ4v) is 3.25. The van der Waals surface area contributed by atoms with Crippen LogP contribution in [-0.4, -0.2) is 11.6 Å². The van der Waals surface area contributed by atoms with E-state index in [2.05, 4.69) is 56.3 Å². The predicted molar refractivity (Wildman–Crippen MR) is 136 cm³/mol. The summed E-state index contributed by atoms with van der Waals surface area (Å²) < 4.78 is 6.07. The fraction of sp³-hybridized carbons (Fsp3) is 0.250. The van der Waals surface area contributed by atoms with E-state index in [1.54, 1.807) is 0 Å². The molecule has 2 aromatic carbocycles. The lowest BCUT2D eigenvalue weighted by Crippen LogP contribution is -2.02. The molecule has 2 rings (SSSR count). The van der Waals surface area contributed by atoms with Gasteiger partial charge in [0.2, 0.25) is 0 Å². The second kappa shape index (κ2) is 13.5. The van der Waals surface area contributed by atoms with Crippen molar-refractivity contribution in [3.05, 3.63) is 107 Å². The van der Waals surface area contributed by atoms with Crippen molar-refractivity contribution in [1.29, 1.82) is 0 Å². The molecule has 0 atom stereocenters. The van der Waals surface area contributed by atoms with Crippen molar-refractivity contribution in [1.82, 2.24) is 0 Å². The Morgan fingerprint density at radius 3 is 2.55 bits per heavy atom. The van der Waals surface area contributed by atoms with Gasteiger partial charge in [0.25, 0.3) is 0 Å². The van der Waals surface area contributed by atoms with E-state index in [1.807, 2.05) is 56.5 Å². The van der Waals surface area contributed by atoms with E-state index in [9.17, 15) is 0 Å². The molecule has 2 nitrogen and oxygen atoms in total. The number of rotatable bonds is 10. The van der Waals surface area contributed by atoms with E-state index in [0.29, 0.717) is 12.5 Å². The molecule has 2 aromatic rings. The van der Waals surface area contributed by atoms with Gasteiger partial charge in [-0.3, -0.25) is 4.99 Å². The third kappa shape index (κ3) is 8.07. The predicted octanol–water partition coefficient (Wildman–Crippen LogP) is 8.08. The monoisotopic (exact) mass is 433 g/mol. The zero-order valence-electron chi connectivity index (χ0n) is 18.9. The number of allylic oxidation sites excluding steroid dienone is 7. The average Bonchev–Trinajstić information content (AvgIpc) is 2.78. The molecule has 0 spiro atoms. The Bertz CT molecular complexity index is 981. The van der Waals surface area contributed by atoms with E-state index < -0.39 is 0 Å². The van der Waals surface area contributed by atoms with E-state index in [1.165, 1.54) is 5.56 Å². The molecule has 0 aliphatic carbocycles. The standard InChI is InChI=1S/C28H32ClNO/c1-5-7-19-30-28(16-13-22(3)17-18-29)26(6-2)27-20-25(15-14-23(27)4)31-21-24-11-9-8-10-12-24/h6-17,19-20H,5,18,21H2,1-4H3/b16-13-,19-7+,22-17+,26-6+,30-28+. The molecule has 0 heterocycles. The van der Waals surface area contributed by atoms with Crippen molar-refractivity contribution in [3.8, 4) is 5.75 Å². The second-order valence-electron chi connectivity index (χ2n) is 7.20. The summed E-state index contributed by atoms with van der Waals surface area (Å²) in [5, 5.41) is 0. The third-order valence-corrected chi connectivity index (χ3v) is 4.92. The molecule has 0 aliphatic rings. The van der Waals surface area contributed by atoms with Crippen LogP contribution >= 0.6 is 11.6 Å². The van der Waals surface area contributed by atoms with Crippen molar-refractivity contribution in [2.75, 3.05) is 5.88 Å². The largest absolute Gasteiger partial charge is 0.489 e. The van der Waals surface area contributed by atoms with Gasteiger partial charge in [0, 0.05) is 17.7 Å². The maximum absolute atomic E-state index is 6.07. The van der Waals surface area contributed by atoms with Gasteiger partial charge in [-0.25, -0.2) is 0 Å². The lowest BCUT2D eigenvalue weighted by Gasteiger charge is -2.14. The first-order chi connectivity index (χ1) is 15.1. The normalized spacial score (nSPS) is 13.4. The van der Waals surface area contributed by atoms with Gasteiger partial charge < -0.3 is 4.74 Å². The summed E-state index contributed by atoms with van der Waals surface area (Å²) in [6.45, 7) is 8.83. The minimum Gasteiger partial charge on any atom is -0.489 e. The van der Waals surface area contributed by atoms with Crippen LogP contribution in [0, 0.1) is 6.92 Å². The highest BCUT2D eigenvalue weighted by molar-refractivity contribution is 6.29. The Balaban J connectivity index is 2.36. The van der Waals surface area contributed by atoms with Crippen LogP contribution < -0.4 is 4.74 Å². The molecule has 0 bridgehead atoms. The number of hydrogen-bond donors (Lipinski definition) is 0. The molecule has 0 amide bonds. The summed E-state index contributed by atoms with van der Waals surface area (Å²) in [7, 11) is 0. The van der Waals surface area contributed by atoms with Crippen molar-refractivity contribution in [2.24, 2.45) is 4.99 Å². The van der Waals surface area contributed by atoms with Gasteiger partial charge in [-0.05, 0) is 62.1 Å². The molecular formula is C28H32ClNO. The Hall–Kier alpha value is -2.84. The number of alkyl halides is 1. The molecule has 0 aliphatic heterocycles. The maximum atomic E-state index is 6.07. The Morgan fingerprint density at radius 2 is 1.87 bits per heavy atom. The summed E-state index contributed by atoms with van der Waals surface area (Å²) in [6.07, 6.45) is 13.0. The first-order valence-corrected chi connectivity index (χ1v) is 11.2. The average molecular weight is 434 g/mol. The molecule has 0 saturated carbocycles. The molecule has 0 radical (unpaired) electrons. The van der Waals surface area contributed by atoms with E-state index >= 15 is 0 Å². The smallest absolute Gasteiger partial charge is 0.120 e. The molecule has 0 N–H and O–H groups in total. The summed E-state index contributed by atoms with van der Waals surface area (Å²) in [5.41, 5.74) is 6.51. The van der Waals surface area contributed by atoms with E-state index in [0.717, 1.165) is 40.2 Å². The molecular weight excluding hydrogens is 402 g/mol. The van der Waals surface area contributed by atoms with Crippen molar-refractivity contribution >= 4 is 22.9 Å². The topological polar surface area (TPSA) is 21.6 Å². The van der Waals surface area contributed by atoms with Crippen LogP contribution in [-0.2, 0) is 6.61 Å². The Labute approximate surface area is 192 Å². The van der Waals surface area contributed by atoms with E-state index in [-0.39, 0.29) is 0 Å². The molecule has 162 valence electrons. The molecule has 0 fully saturated rings. The number of benzene rings is 2. The van der Waals surface area contributed by atoms with Crippen LogP contribution in [0.1, 0.15) is 43.9 Å². The highest BCUT2D eigenvalue weighted by Crippen LogP contribution is 2.27. The highest BCUT2D eigenvalue weighted by Gasteiger charge is 2.11. The first kappa shape index (κ1) is 24.4. The Kier molecular flexibility index (Phi) is 10.6. The lowest BCUT2D eigenvalue weighted by atomic mass is 9.95. The number of aryl methyl sites for hydroxylation is 1. The van der Waals surface area contributed by atoms with Gasteiger partial charge in [-0.15, -0.1) is 11.6 Å². The summed E-state index contributed by atoms with van der Waals surface area (Å²) in [4.78, 5) is 4.74. The van der Waals surface area contributed by atoms with E-state index in [4.69, 9.17) is 21.3 Å². The lowest BCUT2D eigenvalue weighted by molar-refractivity contribution is 0.306. The summed E-state index contributed by atoms with van der Waals surface area (Å²) in [6, 6.07) is 16.4. The van der Waals surface area contributed by atoms with Gasteiger partial charge in [-0.1, -0.05) is 73.2 Å². The van der Waals surface area contributed by atoms with Gasteiger partial charge in [0.1, 0.15) is 12.4 Å². The van der Waals surface area contributed by atoms with Crippen LogP contribution in [0.5, 0.6) is 5.75 Å². The minimum absolute atomic E-state index is 0.495. The second-order valence-corrected chi connectivity index (χ2v) is 7.51. The molecule has 31 heavy (non-hydrogen) atoms. The van der Waals surface area contributed by atoms with Gasteiger partial charge in [-0.2, -0.15) is 0 Å². The SMILES string of the molecule is C/C=C(C(/C=C\C(C)=C\CCl)=N/C=C/CC)\c1cc(OCc2ccccc2)ccc1C. The summed E-state index contributed by atoms with van der Waals surface area (Å²) in [5.74, 6) is 1.34. The number of ether oxygens (including phenoxy) is 1. The van der Waals surface area contributed by atoms with Crippen LogP contribution in [0.15, 0.2) is 95.7 Å². The zero-order chi connectivity index (χ0) is 22.5. The van der Waals surface area contributed by atoms with Gasteiger partial charge in [0.05, 0.1) is 5.71 Å². The van der Waals surface area contributed by atoms with Crippen molar-refractivity contribution < 1.29 is 4.74 Å².